The molecule has 2 atom stereocenters. The van der Waals surface area contributed by atoms with Crippen molar-refractivity contribution in [3.63, 3.8) is 0 Å². The Morgan fingerprint density at radius 1 is 1.09 bits per heavy atom. The number of pyridine rings is 1. The molecule has 2 heterocycles. The number of aromatic amines is 1. The summed E-state index contributed by atoms with van der Waals surface area (Å²) in [5, 5.41) is 0.757. The highest BCUT2D eigenvalue weighted by Gasteiger charge is 2.23. The SMILES string of the molecule is CC(=Nc1ccc(-c2c[nH]c3cc(F)ccc23)cn1)C1CCCCC(S(C)(=O)=O)CCC1. The van der Waals surface area contributed by atoms with Gasteiger partial charge in [0.15, 0.2) is 5.82 Å². The minimum Gasteiger partial charge on any atom is -0.360 e. The van der Waals surface area contributed by atoms with Crippen LogP contribution < -0.4 is 0 Å². The van der Waals surface area contributed by atoms with Crippen molar-refractivity contribution in [3.05, 3.63) is 48.5 Å². The Kier molecular flexibility index (Phi) is 6.74. The van der Waals surface area contributed by atoms with Gasteiger partial charge in [-0.1, -0.05) is 19.3 Å². The van der Waals surface area contributed by atoms with Crippen LogP contribution in [0.15, 0.2) is 47.7 Å². The van der Waals surface area contributed by atoms with Crippen molar-refractivity contribution in [2.75, 3.05) is 6.26 Å². The average molecular weight is 456 g/mol. The van der Waals surface area contributed by atoms with Gasteiger partial charge >= 0.3 is 0 Å². The van der Waals surface area contributed by atoms with Gasteiger partial charge in [-0.3, -0.25) is 0 Å². The summed E-state index contributed by atoms with van der Waals surface area (Å²) in [6, 6.07) is 8.63. The molecule has 0 saturated heterocycles. The molecule has 0 amide bonds. The van der Waals surface area contributed by atoms with Crippen molar-refractivity contribution >= 4 is 32.3 Å². The molecule has 2 unspecified atom stereocenters. The Balaban J connectivity index is 1.47. The second-order valence-electron chi connectivity index (χ2n) is 8.91. The molecule has 5 nitrogen and oxygen atoms in total. The summed E-state index contributed by atoms with van der Waals surface area (Å²) >= 11 is 0. The van der Waals surface area contributed by atoms with Crippen LogP contribution >= 0.6 is 0 Å². The van der Waals surface area contributed by atoms with E-state index < -0.39 is 9.84 Å². The van der Waals surface area contributed by atoms with Crippen molar-refractivity contribution < 1.29 is 12.8 Å². The van der Waals surface area contributed by atoms with Crippen molar-refractivity contribution in [1.82, 2.24) is 9.97 Å². The maximum absolute atomic E-state index is 13.4. The Labute approximate surface area is 189 Å². The average Bonchev–Trinajstić information content (AvgIpc) is 3.20. The third-order valence-corrected chi connectivity index (χ3v) is 8.28. The number of hydrogen-bond donors (Lipinski definition) is 1. The predicted octanol–water partition coefficient (Wildman–Crippen LogP) is 6.24. The first kappa shape index (κ1) is 22.6. The first-order valence-electron chi connectivity index (χ1n) is 11.3. The van der Waals surface area contributed by atoms with E-state index >= 15 is 0 Å². The number of benzene rings is 1. The third kappa shape index (κ3) is 5.26. The third-order valence-electron chi connectivity index (χ3n) is 6.60. The molecule has 1 N–H and O–H groups in total. The van der Waals surface area contributed by atoms with Crippen molar-refractivity contribution in [2.45, 2.75) is 57.1 Å². The van der Waals surface area contributed by atoms with Gasteiger partial charge in [0, 0.05) is 46.4 Å². The molecule has 32 heavy (non-hydrogen) atoms. The van der Waals surface area contributed by atoms with E-state index in [-0.39, 0.29) is 11.1 Å². The summed E-state index contributed by atoms with van der Waals surface area (Å²) in [6.45, 7) is 2.06. The van der Waals surface area contributed by atoms with Crippen molar-refractivity contribution in [1.29, 1.82) is 0 Å². The van der Waals surface area contributed by atoms with Gasteiger partial charge in [0.25, 0.3) is 0 Å². The summed E-state index contributed by atoms with van der Waals surface area (Å²) in [4.78, 5) is 12.4. The highest BCUT2D eigenvalue weighted by molar-refractivity contribution is 7.91. The molecule has 3 aromatic rings. The maximum Gasteiger partial charge on any atom is 0.151 e. The van der Waals surface area contributed by atoms with Crippen LogP contribution in [0, 0.1) is 11.7 Å². The van der Waals surface area contributed by atoms with Gasteiger partial charge in [0.05, 0.1) is 5.25 Å². The van der Waals surface area contributed by atoms with Crippen LogP contribution in [-0.2, 0) is 9.84 Å². The second-order valence-corrected chi connectivity index (χ2v) is 11.2. The molecule has 1 aliphatic rings. The molecule has 0 spiro atoms. The fourth-order valence-corrected chi connectivity index (χ4v) is 5.90. The van der Waals surface area contributed by atoms with Crippen LogP contribution in [0.2, 0.25) is 0 Å². The molecule has 0 bridgehead atoms. The van der Waals surface area contributed by atoms with Crippen LogP contribution in [0.4, 0.5) is 10.2 Å². The standard InChI is InChI=1S/C25H30FN3O2S/c1-17(18-6-3-4-8-21(9-5-7-18)32(2,30)31)29-25-13-10-19(15-28-25)23-16-27-24-14-20(26)11-12-22(23)24/h10-16,18,21,27H,3-9H2,1-2H3. The van der Waals surface area contributed by atoms with E-state index in [0.717, 1.165) is 72.7 Å². The molecule has 1 fully saturated rings. The molecular weight excluding hydrogens is 425 g/mol. The van der Waals surface area contributed by atoms with E-state index in [1.54, 1.807) is 12.3 Å². The normalized spacial score (nSPS) is 21.2. The van der Waals surface area contributed by atoms with Gasteiger partial charge in [0.1, 0.15) is 15.7 Å². The van der Waals surface area contributed by atoms with Crippen LogP contribution in [0.3, 0.4) is 0 Å². The van der Waals surface area contributed by atoms with Crippen LogP contribution in [0.25, 0.3) is 22.0 Å². The van der Waals surface area contributed by atoms with Crippen molar-refractivity contribution in [3.8, 4) is 11.1 Å². The number of nitrogens with zero attached hydrogens (tertiary/aromatic N) is 2. The number of fused-ring (bicyclic) bond motifs is 1. The zero-order valence-corrected chi connectivity index (χ0v) is 19.5. The summed E-state index contributed by atoms with van der Waals surface area (Å²) in [6.07, 6.45) is 11.4. The topological polar surface area (TPSA) is 75.2 Å². The number of H-pyrrole nitrogens is 1. The number of sulfone groups is 1. The molecular formula is C25H30FN3O2S. The highest BCUT2D eigenvalue weighted by Crippen LogP contribution is 2.30. The number of rotatable bonds is 4. The Morgan fingerprint density at radius 3 is 2.59 bits per heavy atom. The smallest absolute Gasteiger partial charge is 0.151 e. The van der Waals surface area contributed by atoms with E-state index in [9.17, 15) is 12.8 Å². The molecule has 7 heteroatoms. The molecule has 4 rings (SSSR count). The lowest BCUT2D eigenvalue weighted by Gasteiger charge is -2.16. The summed E-state index contributed by atoms with van der Waals surface area (Å²) in [5.74, 6) is 0.769. The van der Waals surface area contributed by atoms with Crippen LogP contribution in [0.5, 0.6) is 0 Å². The number of aliphatic imine (C=N–C) groups is 1. The molecule has 1 aliphatic carbocycles. The van der Waals surface area contributed by atoms with Gasteiger partial charge in [-0.15, -0.1) is 0 Å². The summed E-state index contributed by atoms with van der Waals surface area (Å²) < 4.78 is 37.4. The molecule has 1 saturated carbocycles. The first-order valence-corrected chi connectivity index (χ1v) is 13.2. The fourth-order valence-electron chi connectivity index (χ4n) is 4.71. The Bertz CT molecular complexity index is 1220. The number of aromatic nitrogens is 2. The first-order chi connectivity index (χ1) is 15.3. The lowest BCUT2D eigenvalue weighted by atomic mass is 9.93. The summed E-state index contributed by atoms with van der Waals surface area (Å²) in [5.41, 5.74) is 3.76. The van der Waals surface area contributed by atoms with Crippen LogP contribution in [-0.4, -0.2) is 35.6 Å². The van der Waals surface area contributed by atoms with Crippen LogP contribution in [0.1, 0.15) is 51.9 Å². The number of nitrogens with one attached hydrogen (secondary N) is 1. The Hall–Kier alpha value is -2.54. The predicted molar refractivity (Wildman–Crippen MR) is 129 cm³/mol. The largest absolute Gasteiger partial charge is 0.360 e. The van der Waals surface area contributed by atoms with Gasteiger partial charge in [0.2, 0.25) is 0 Å². The number of hydrogen-bond acceptors (Lipinski definition) is 4. The Morgan fingerprint density at radius 2 is 1.84 bits per heavy atom. The van der Waals surface area contributed by atoms with E-state index in [2.05, 4.69) is 16.9 Å². The highest BCUT2D eigenvalue weighted by atomic mass is 32.2. The minimum atomic E-state index is -2.97. The maximum atomic E-state index is 13.4. The molecule has 0 radical (unpaired) electrons. The van der Waals surface area contributed by atoms with Gasteiger partial charge in [-0.05, 0) is 68.9 Å². The zero-order valence-electron chi connectivity index (χ0n) is 18.6. The molecule has 0 aliphatic heterocycles. The molecule has 2 aromatic heterocycles. The number of halogens is 1. The van der Waals surface area contributed by atoms with E-state index in [4.69, 9.17) is 4.99 Å². The van der Waals surface area contributed by atoms with E-state index in [1.165, 1.54) is 18.4 Å². The van der Waals surface area contributed by atoms with Gasteiger partial charge in [-0.2, -0.15) is 0 Å². The molecule has 1 aromatic carbocycles. The monoisotopic (exact) mass is 455 g/mol. The summed E-state index contributed by atoms with van der Waals surface area (Å²) in [7, 11) is -2.97. The van der Waals surface area contributed by atoms with Crippen molar-refractivity contribution in [2.24, 2.45) is 10.9 Å². The lowest BCUT2D eigenvalue weighted by Crippen LogP contribution is -2.19. The quantitative estimate of drug-likeness (QED) is 0.474. The van der Waals surface area contributed by atoms with Gasteiger partial charge < -0.3 is 4.98 Å². The zero-order chi connectivity index (χ0) is 22.7. The fraction of sp³-hybridized carbons (Fsp3) is 0.440. The minimum absolute atomic E-state index is 0.200. The second kappa shape index (κ2) is 9.53. The lowest BCUT2D eigenvalue weighted by molar-refractivity contribution is 0.533. The van der Waals surface area contributed by atoms with E-state index in [0.29, 0.717) is 11.7 Å². The van der Waals surface area contributed by atoms with Gasteiger partial charge in [-0.25, -0.2) is 22.8 Å². The van der Waals surface area contributed by atoms with E-state index in [1.807, 2.05) is 18.3 Å². The molecule has 170 valence electrons.